The first kappa shape index (κ1) is 11.5. The van der Waals surface area contributed by atoms with Gasteiger partial charge in [-0.2, -0.15) is 0 Å². The Hall–Kier alpha value is -2.03. The third-order valence-corrected chi connectivity index (χ3v) is 2.57. The first-order valence-electron chi connectivity index (χ1n) is 5.64. The summed E-state index contributed by atoms with van der Waals surface area (Å²) in [6.07, 6.45) is 2.56. The fourth-order valence-electron chi connectivity index (χ4n) is 1.57. The van der Waals surface area contributed by atoms with Gasteiger partial charge >= 0.3 is 0 Å². The van der Waals surface area contributed by atoms with Gasteiger partial charge in [0.15, 0.2) is 5.76 Å². The zero-order valence-electron chi connectivity index (χ0n) is 9.99. The van der Waals surface area contributed by atoms with E-state index >= 15 is 0 Å². The molecule has 88 valence electrons. The second kappa shape index (κ2) is 4.87. The Morgan fingerprint density at radius 1 is 1.29 bits per heavy atom. The summed E-state index contributed by atoms with van der Waals surface area (Å²) in [6, 6.07) is 9.51. The lowest BCUT2D eigenvalue weighted by atomic mass is 10.1. The molecular weight excluding hydrogens is 214 g/mol. The van der Waals surface area contributed by atoms with Crippen LogP contribution in [0.15, 0.2) is 41.0 Å². The smallest absolute Gasteiger partial charge is 0.291 e. The quantitative estimate of drug-likeness (QED) is 0.876. The van der Waals surface area contributed by atoms with E-state index in [-0.39, 0.29) is 5.91 Å². The van der Waals surface area contributed by atoms with Crippen LogP contribution >= 0.6 is 0 Å². The summed E-state index contributed by atoms with van der Waals surface area (Å²) in [5, 5.41) is 2.79. The molecule has 2 rings (SSSR count). The highest BCUT2D eigenvalue weighted by atomic mass is 16.3. The van der Waals surface area contributed by atoms with E-state index in [1.807, 2.05) is 31.2 Å². The van der Waals surface area contributed by atoms with E-state index in [0.29, 0.717) is 5.76 Å². The van der Waals surface area contributed by atoms with Gasteiger partial charge in [0.1, 0.15) is 0 Å². The van der Waals surface area contributed by atoms with Crippen molar-refractivity contribution in [1.82, 2.24) is 0 Å². The maximum atomic E-state index is 11.8. The largest absolute Gasteiger partial charge is 0.459 e. The molecule has 0 saturated heterocycles. The molecule has 2 aromatic rings. The minimum atomic E-state index is -0.220. The van der Waals surface area contributed by atoms with Crippen LogP contribution in [0.3, 0.4) is 0 Å². The van der Waals surface area contributed by atoms with Crippen LogP contribution in [0.4, 0.5) is 5.69 Å². The number of benzene rings is 1. The molecule has 0 aliphatic carbocycles. The Balaban J connectivity index is 2.07. The van der Waals surface area contributed by atoms with Crippen LogP contribution in [-0.2, 0) is 6.42 Å². The topological polar surface area (TPSA) is 42.2 Å². The van der Waals surface area contributed by atoms with Gasteiger partial charge in [-0.25, -0.2) is 0 Å². The van der Waals surface area contributed by atoms with Gasteiger partial charge in [0.25, 0.3) is 5.91 Å². The van der Waals surface area contributed by atoms with Crippen molar-refractivity contribution in [3.05, 3.63) is 53.5 Å². The van der Waals surface area contributed by atoms with Crippen LogP contribution in [0.2, 0.25) is 0 Å². The summed E-state index contributed by atoms with van der Waals surface area (Å²) < 4.78 is 5.13. The van der Waals surface area contributed by atoms with E-state index in [1.165, 1.54) is 5.56 Å². The van der Waals surface area contributed by atoms with E-state index in [1.54, 1.807) is 12.3 Å². The molecule has 1 aromatic heterocycles. The van der Waals surface area contributed by atoms with Gasteiger partial charge in [-0.1, -0.05) is 19.1 Å². The lowest BCUT2D eigenvalue weighted by molar-refractivity contribution is 0.0996. The molecule has 0 bridgehead atoms. The third-order valence-electron chi connectivity index (χ3n) is 2.57. The van der Waals surface area contributed by atoms with Crippen molar-refractivity contribution in [3.63, 3.8) is 0 Å². The van der Waals surface area contributed by atoms with Crippen molar-refractivity contribution in [2.24, 2.45) is 0 Å². The minimum Gasteiger partial charge on any atom is -0.459 e. The molecule has 0 atom stereocenters. The Kier molecular flexibility index (Phi) is 3.28. The third kappa shape index (κ3) is 2.75. The monoisotopic (exact) mass is 229 g/mol. The second-order valence-corrected chi connectivity index (χ2v) is 3.99. The first-order chi connectivity index (χ1) is 8.19. The molecule has 1 N–H and O–H groups in total. The zero-order chi connectivity index (χ0) is 12.3. The van der Waals surface area contributed by atoms with Gasteiger partial charge in [0, 0.05) is 5.69 Å². The van der Waals surface area contributed by atoms with Crippen LogP contribution in [0.1, 0.15) is 28.6 Å². The minimum absolute atomic E-state index is 0.220. The van der Waals surface area contributed by atoms with Crippen molar-refractivity contribution in [2.45, 2.75) is 20.3 Å². The van der Waals surface area contributed by atoms with E-state index in [0.717, 1.165) is 17.7 Å². The van der Waals surface area contributed by atoms with Gasteiger partial charge in [-0.15, -0.1) is 0 Å². The van der Waals surface area contributed by atoms with E-state index in [4.69, 9.17) is 4.42 Å². The summed E-state index contributed by atoms with van der Waals surface area (Å²) >= 11 is 0. The number of anilines is 1. The molecule has 1 amide bonds. The highest BCUT2D eigenvalue weighted by Gasteiger charge is 2.09. The zero-order valence-corrected chi connectivity index (χ0v) is 9.99. The Labute approximate surface area is 100 Å². The molecule has 0 aliphatic heterocycles. The van der Waals surface area contributed by atoms with Crippen molar-refractivity contribution in [2.75, 3.05) is 5.32 Å². The number of amides is 1. The predicted octanol–water partition coefficient (Wildman–Crippen LogP) is 3.40. The molecule has 1 heterocycles. The first-order valence-corrected chi connectivity index (χ1v) is 5.64. The number of hydrogen-bond acceptors (Lipinski definition) is 2. The highest BCUT2D eigenvalue weighted by molar-refractivity contribution is 6.02. The number of furan rings is 1. The number of rotatable bonds is 3. The van der Waals surface area contributed by atoms with Crippen molar-refractivity contribution >= 4 is 11.6 Å². The summed E-state index contributed by atoms with van der Waals surface area (Å²) in [7, 11) is 0. The van der Waals surface area contributed by atoms with Crippen LogP contribution in [0.25, 0.3) is 0 Å². The van der Waals surface area contributed by atoms with Gasteiger partial charge in [-0.05, 0) is 42.7 Å². The summed E-state index contributed by atoms with van der Waals surface area (Å²) in [6.45, 7) is 3.98. The number of aryl methyl sites for hydroxylation is 2. The van der Waals surface area contributed by atoms with Gasteiger partial charge in [-0.3, -0.25) is 4.79 Å². The summed E-state index contributed by atoms with van der Waals surface area (Å²) in [5.74, 6) is 0.115. The summed E-state index contributed by atoms with van der Waals surface area (Å²) in [4.78, 5) is 11.8. The maximum absolute atomic E-state index is 11.8. The fourth-order valence-corrected chi connectivity index (χ4v) is 1.57. The molecular formula is C14H15NO2. The normalized spacial score (nSPS) is 10.2. The standard InChI is InChI=1S/C14H15NO2/c1-3-11-4-6-12(7-5-11)15-14(16)13-8-10(2)9-17-13/h4-9H,3H2,1-2H3,(H,15,16). The number of hydrogen-bond donors (Lipinski definition) is 1. The van der Waals surface area contributed by atoms with Crippen molar-refractivity contribution < 1.29 is 9.21 Å². The lowest BCUT2D eigenvalue weighted by Crippen LogP contribution is -2.10. The lowest BCUT2D eigenvalue weighted by Gasteiger charge is -2.03. The van der Waals surface area contributed by atoms with Crippen molar-refractivity contribution in [3.8, 4) is 0 Å². The molecule has 3 heteroatoms. The van der Waals surface area contributed by atoms with E-state index < -0.39 is 0 Å². The van der Waals surface area contributed by atoms with E-state index in [2.05, 4.69) is 12.2 Å². The van der Waals surface area contributed by atoms with Gasteiger partial charge in [0.05, 0.1) is 6.26 Å². The molecule has 0 fully saturated rings. The van der Waals surface area contributed by atoms with Crippen LogP contribution in [0, 0.1) is 6.92 Å². The Bertz CT molecular complexity index is 511. The number of carbonyl (C=O) groups excluding carboxylic acids is 1. The maximum Gasteiger partial charge on any atom is 0.291 e. The SMILES string of the molecule is CCc1ccc(NC(=O)c2cc(C)co2)cc1. The Morgan fingerprint density at radius 3 is 2.53 bits per heavy atom. The summed E-state index contributed by atoms with van der Waals surface area (Å²) in [5.41, 5.74) is 2.97. The predicted molar refractivity (Wildman–Crippen MR) is 67.2 cm³/mol. The van der Waals surface area contributed by atoms with Crippen molar-refractivity contribution in [1.29, 1.82) is 0 Å². The fraction of sp³-hybridized carbons (Fsp3) is 0.214. The average molecular weight is 229 g/mol. The van der Waals surface area contributed by atoms with Crippen LogP contribution in [-0.4, -0.2) is 5.91 Å². The van der Waals surface area contributed by atoms with Crippen LogP contribution in [0.5, 0.6) is 0 Å². The highest BCUT2D eigenvalue weighted by Crippen LogP contribution is 2.13. The molecule has 0 radical (unpaired) electrons. The molecule has 0 aliphatic rings. The average Bonchev–Trinajstić information content (AvgIpc) is 2.77. The Morgan fingerprint density at radius 2 is 2.00 bits per heavy atom. The molecule has 17 heavy (non-hydrogen) atoms. The molecule has 0 unspecified atom stereocenters. The molecule has 1 aromatic carbocycles. The molecule has 0 saturated carbocycles. The number of nitrogens with one attached hydrogen (secondary N) is 1. The molecule has 3 nitrogen and oxygen atoms in total. The van der Waals surface area contributed by atoms with E-state index in [9.17, 15) is 4.79 Å². The second-order valence-electron chi connectivity index (χ2n) is 3.99. The van der Waals surface area contributed by atoms with Gasteiger partial charge in [0.2, 0.25) is 0 Å². The van der Waals surface area contributed by atoms with Gasteiger partial charge < -0.3 is 9.73 Å². The molecule has 0 spiro atoms. The number of carbonyl (C=O) groups is 1. The van der Waals surface area contributed by atoms with Crippen LogP contribution < -0.4 is 5.32 Å².